The number of likely N-dealkylation sites (tertiary alicyclic amines) is 1. The summed E-state index contributed by atoms with van der Waals surface area (Å²) in [6, 6.07) is 12.8. The zero-order chi connectivity index (χ0) is 42.6. The fourth-order valence-electron chi connectivity index (χ4n) is 9.42. The smallest absolute Gasteiger partial charge is 0.273 e. The number of aromatic hydroxyl groups is 1. The Morgan fingerprint density at radius 3 is 2.61 bits per heavy atom. The fourth-order valence-corrected chi connectivity index (χ4v) is 10.2. The number of nitrogens with zero attached hydrogens (tertiary/aromatic N) is 4. The van der Waals surface area contributed by atoms with Crippen LogP contribution in [-0.4, -0.2) is 113 Å². The van der Waals surface area contributed by atoms with Gasteiger partial charge in [-0.15, -0.1) is 11.3 Å². The van der Waals surface area contributed by atoms with Gasteiger partial charge in [0.25, 0.3) is 11.8 Å². The van der Waals surface area contributed by atoms with Gasteiger partial charge in [0.2, 0.25) is 5.91 Å². The van der Waals surface area contributed by atoms with Crippen LogP contribution < -0.4 is 10.1 Å². The highest BCUT2D eigenvalue weighted by Gasteiger charge is 2.41. The summed E-state index contributed by atoms with van der Waals surface area (Å²) in [5, 5.41) is 15.8. The number of amides is 3. The number of rotatable bonds is 19. The molecule has 0 bridgehead atoms. The Labute approximate surface area is 366 Å². The third kappa shape index (κ3) is 12.3. The van der Waals surface area contributed by atoms with Crippen molar-refractivity contribution in [2.45, 2.75) is 134 Å². The lowest BCUT2D eigenvalue weighted by Crippen LogP contribution is -2.58. The maximum absolute atomic E-state index is 13.5. The van der Waals surface area contributed by atoms with E-state index in [0.717, 1.165) is 107 Å². The molecule has 1 aliphatic carbocycles. The molecule has 1 saturated carbocycles. The first kappa shape index (κ1) is 45.0. The number of carbonyl (C=O) groups is 3. The molecule has 4 heterocycles. The summed E-state index contributed by atoms with van der Waals surface area (Å²) in [6.07, 6.45) is 14.7. The summed E-state index contributed by atoms with van der Waals surface area (Å²) in [5.74, 6) is 0.885. The first-order valence-corrected chi connectivity index (χ1v) is 23.9. The SMILES string of the molecule is CC(C)c1nc(C(=O)N2CCOC3(CCN(Cc4cccc(CCCCOCCC(=O)N(CCCCCc5ccc(O)c6c5OCC(=O)N6)C5CCCCC5)c4)CC3)C2)cs1. The first-order valence-electron chi connectivity index (χ1n) is 23.0. The molecule has 2 saturated heterocycles. The van der Waals surface area contributed by atoms with Crippen molar-refractivity contribution in [3.63, 3.8) is 0 Å². The lowest BCUT2D eigenvalue weighted by atomic mass is 9.89. The number of nitrogens with one attached hydrogen (secondary N) is 1. The number of aryl methyl sites for hydroxylation is 2. The predicted octanol–water partition coefficient (Wildman–Crippen LogP) is 8.11. The van der Waals surface area contributed by atoms with Crippen LogP contribution in [0.5, 0.6) is 11.5 Å². The number of ether oxygens (including phenoxy) is 3. The van der Waals surface area contributed by atoms with E-state index in [-0.39, 0.29) is 35.7 Å². The Hall–Kier alpha value is -4.04. The molecule has 2 aromatic carbocycles. The monoisotopic (exact) mass is 857 g/mol. The van der Waals surface area contributed by atoms with E-state index < -0.39 is 0 Å². The third-order valence-corrected chi connectivity index (χ3v) is 14.1. The van der Waals surface area contributed by atoms with Gasteiger partial charge >= 0.3 is 0 Å². The zero-order valence-corrected chi connectivity index (χ0v) is 37.3. The summed E-state index contributed by atoms with van der Waals surface area (Å²) < 4.78 is 18.0. The first-order chi connectivity index (χ1) is 29.7. The van der Waals surface area contributed by atoms with Gasteiger partial charge in [-0.25, -0.2) is 4.98 Å². The molecule has 0 unspecified atom stereocenters. The van der Waals surface area contributed by atoms with Crippen molar-refractivity contribution < 1.29 is 33.7 Å². The molecule has 1 aromatic heterocycles. The second-order valence-electron chi connectivity index (χ2n) is 17.9. The lowest BCUT2D eigenvalue weighted by molar-refractivity contribution is -0.135. The Balaban J connectivity index is 0.776. The number of carbonyl (C=O) groups excluding carboxylic acids is 3. The molecular weight excluding hydrogens is 791 g/mol. The van der Waals surface area contributed by atoms with Crippen LogP contribution in [0.15, 0.2) is 41.8 Å². The molecule has 0 atom stereocenters. The van der Waals surface area contributed by atoms with Crippen LogP contribution in [0.4, 0.5) is 5.69 Å². The molecule has 12 nitrogen and oxygen atoms in total. The number of hydrogen-bond donors (Lipinski definition) is 2. The van der Waals surface area contributed by atoms with E-state index >= 15 is 0 Å². The number of fused-ring (bicyclic) bond motifs is 1. The molecule has 1 spiro atoms. The normalized spacial score (nSPS) is 18.2. The number of aromatic nitrogens is 1. The second kappa shape index (κ2) is 21.8. The van der Waals surface area contributed by atoms with Crippen LogP contribution in [-0.2, 0) is 38.4 Å². The maximum Gasteiger partial charge on any atom is 0.273 e. The molecular formula is C48H67N5O7S. The van der Waals surface area contributed by atoms with E-state index in [9.17, 15) is 19.5 Å². The van der Waals surface area contributed by atoms with E-state index in [1.807, 2.05) is 16.3 Å². The van der Waals surface area contributed by atoms with Gasteiger partial charge in [0.05, 0.1) is 36.8 Å². The largest absolute Gasteiger partial charge is 0.506 e. The topological polar surface area (TPSA) is 134 Å². The lowest BCUT2D eigenvalue weighted by Gasteiger charge is -2.47. The molecule has 4 aliphatic rings. The minimum Gasteiger partial charge on any atom is -0.506 e. The van der Waals surface area contributed by atoms with Crippen molar-refractivity contribution in [1.82, 2.24) is 19.7 Å². The highest BCUT2D eigenvalue weighted by atomic mass is 32.1. The summed E-state index contributed by atoms with van der Waals surface area (Å²) in [6.45, 7) is 10.7. The average Bonchev–Trinajstić information content (AvgIpc) is 3.78. The number of morpholine rings is 1. The van der Waals surface area contributed by atoms with Gasteiger partial charge in [-0.1, -0.05) is 69.9 Å². The van der Waals surface area contributed by atoms with Crippen LogP contribution in [0, 0.1) is 0 Å². The molecule has 2 N–H and O–H groups in total. The van der Waals surface area contributed by atoms with E-state index in [4.69, 9.17) is 14.2 Å². The highest BCUT2D eigenvalue weighted by molar-refractivity contribution is 7.09. The Bertz CT molecular complexity index is 1920. The number of unbranched alkanes of at least 4 members (excludes halogenated alkanes) is 3. The molecule has 332 valence electrons. The van der Waals surface area contributed by atoms with E-state index in [1.54, 1.807) is 17.4 Å². The van der Waals surface area contributed by atoms with Gasteiger partial charge in [-0.3, -0.25) is 19.3 Å². The summed E-state index contributed by atoms with van der Waals surface area (Å²) in [7, 11) is 0. The van der Waals surface area contributed by atoms with Crippen LogP contribution in [0.2, 0.25) is 0 Å². The molecule has 3 fully saturated rings. The standard InChI is InChI=1S/C48H67N5O7S/c1-35(2)46-49-40(33-61-46)47(57)52-26-29-60-48(34-52)21-24-51(25-22-48)31-37-14-11-13-36(30-37)12-8-10-27-58-28-20-43(56)53(39-16-6-3-7-17-39)23-9-4-5-15-38-18-19-41(54)44-45(38)59-32-42(55)50-44/h11,13-14,18-19,30,33,35,39,54H,3-10,12,15-17,20-29,31-32,34H2,1-2H3,(H,50,55). The van der Waals surface area contributed by atoms with Gasteiger partial charge in [-0.2, -0.15) is 0 Å². The van der Waals surface area contributed by atoms with Gasteiger partial charge in [0.15, 0.2) is 12.4 Å². The molecule has 0 radical (unpaired) electrons. The Morgan fingerprint density at radius 1 is 1.00 bits per heavy atom. The minimum absolute atomic E-state index is 0.0192. The van der Waals surface area contributed by atoms with Gasteiger partial charge in [0, 0.05) is 56.7 Å². The van der Waals surface area contributed by atoms with Crippen molar-refractivity contribution in [3.8, 4) is 11.5 Å². The van der Waals surface area contributed by atoms with Crippen molar-refractivity contribution in [2.24, 2.45) is 0 Å². The van der Waals surface area contributed by atoms with Crippen LogP contribution in [0.25, 0.3) is 0 Å². The summed E-state index contributed by atoms with van der Waals surface area (Å²) in [4.78, 5) is 49.8. The minimum atomic E-state index is -0.273. The van der Waals surface area contributed by atoms with Crippen molar-refractivity contribution in [2.75, 3.05) is 64.5 Å². The van der Waals surface area contributed by atoms with Crippen LogP contribution >= 0.6 is 11.3 Å². The third-order valence-electron chi connectivity index (χ3n) is 12.9. The van der Waals surface area contributed by atoms with Gasteiger partial charge in [0.1, 0.15) is 17.1 Å². The van der Waals surface area contributed by atoms with Crippen molar-refractivity contribution in [3.05, 3.63) is 69.2 Å². The highest BCUT2D eigenvalue weighted by Crippen LogP contribution is 2.40. The predicted molar refractivity (Wildman–Crippen MR) is 238 cm³/mol. The maximum atomic E-state index is 13.5. The number of benzene rings is 2. The number of phenolic OH excluding ortho intramolecular Hbond substituents is 1. The van der Waals surface area contributed by atoms with E-state index in [0.29, 0.717) is 68.4 Å². The van der Waals surface area contributed by atoms with Crippen molar-refractivity contribution in [1.29, 1.82) is 0 Å². The summed E-state index contributed by atoms with van der Waals surface area (Å²) >= 11 is 1.57. The van der Waals surface area contributed by atoms with Crippen molar-refractivity contribution >= 4 is 34.7 Å². The number of phenols is 1. The Kier molecular flexibility index (Phi) is 16.1. The second-order valence-corrected chi connectivity index (χ2v) is 18.8. The number of hydrogen-bond acceptors (Lipinski definition) is 10. The average molecular weight is 858 g/mol. The number of anilines is 1. The zero-order valence-electron chi connectivity index (χ0n) is 36.5. The molecule has 61 heavy (non-hydrogen) atoms. The molecule has 3 amide bonds. The van der Waals surface area contributed by atoms with Crippen LogP contribution in [0.3, 0.4) is 0 Å². The number of thiazole rings is 1. The van der Waals surface area contributed by atoms with Crippen LogP contribution in [0.1, 0.15) is 135 Å². The Morgan fingerprint density at radius 2 is 1.80 bits per heavy atom. The molecule has 7 rings (SSSR count). The van der Waals surface area contributed by atoms with Gasteiger partial charge in [-0.05, 0) is 87.0 Å². The molecule has 3 aromatic rings. The molecule has 13 heteroatoms. The van der Waals surface area contributed by atoms with E-state index in [2.05, 4.69) is 58.2 Å². The summed E-state index contributed by atoms with van der Waals surface area (Å²) in [5.41, 5.74) is 4.32. The quantitative estimate of drug-likeness (QED) is 0.0907. The number of piperidine rings is 1. The van der Waals surface area contributed by atoms with Gasteiger partial charge < -0.3 is 34.4 Å². The van der Waals surface area contributed by atoms with E-state index in [1.165, 1.54) is 30.4 Å². The fraction of sp³-hybridized carbons (Fsp3) is 0.625. The molecule has 3 aliphatic heterocycles.